The molecule has 4 rings (SSSR count). The molecule has 2 saturated heterocycles. The van der Waals surface area contributed by atoms with Crippen LogP contribution in [0, 0.1) is 5.92 Å². The summed E-state index contributed by atoms with van der Waals surface area (Å²) < 4.78 is 5.21. The Morgan fingerprint density at radius 3 is 2.58 bits per heavy atom. The minimum atomic E-state index is -0.857. The zero-order valence-electron chi connectivity index (χ0n) is 17.5. The van der Waals surface area contributed by atoms with E-state index >= 15 is 0 Å². The maximum absolute atomic E-state index is 12.7. The minimum Gasteiger partial charge on any atom is -0.467 e. The van der Waals surface area contributed by atoms with E-state index in [0.29, 0.717) is 51.1 Å². The number of urea groups is 1. The summed E-state index contributed by atoms with van der Waals surface area (Å²) in [7, 11) is 0. The number of hydrogen-bond acceptors (Lipinski definition) is 6. The Labute approximate surface area is 180 Å². The fraction of sp³-hybridized carbons (Fsp3) is 0.619. The summed E-state index contributed by atoms with van der Waals surface area (Å²) in [6.07, 6.45) is 6.90. The molecule has 3 aliphatic rings. The topological polar surface area (TPSA) is 124 Å². The van der Waals surface area contributed by atoms with Gasteiger partial charge in [0.15, 0.2) is 0 Å². The van der Waals surface area contributed by atoms with Gasteiger partial charge >= 0.3 is 6.03 Å². The first-order chi connectivity index (χ1) is 15.0. The van der Waals surface area contributed by atoms with E-state index in [-0.39, 0.29) is 24.3 Å². The molecule has 168 valence electrons. The van der Waals surface area contributed by atoms with Gasteiger partial charge in [-0.15, -0.1) is 0 Å². The van der Waals surface area contributed by atoms with Crippen molar-refractivity contribution in [3.8, 4) is 0 Å². The molecule has 1 aromatic rings. The molecule has 1 aliphatic carbocycles. The van der Waals surface area contributed by atoms with Gasteiger partial charge in [-0.2, -0.15) is 5.01 Å². The van der Waals surface area contributed by atoms with Gasteiger partial charge in [-0.1, -0.05) is 19.3 Å². The second-order valence-electron chi connectivity index (χ2n) is 8.60. The summed E-state index contributed by atoms with van der Waals surface area (Å²) in [5.41, 5.74) is 1.61. The number of hydrogen-bond donors (Lipinski definition) is 3. The molecule has 3 N–H and O–H groups in total. The van der Waals surface area contributed by atoms with Gasteiger partial charge in [0.1, 0.15) is 11.3 Å². The molecule has 3 fully saturated rings. The van der Waals surface area contributed by atoms with E-state index in [1.807, 2.05) is 11.0 Å². The molecule has 1 aromatic heterocycles. The Balaban J connectivity index is 1.21. The standard InChI is InChI=1S/C21H29N5O5/c27-17(24-26-19(29)21(23-20(26)30)8-2-1-3-9-21)14-25-10-6-15(7-11-25)18(28)22-13-16-5-4-12-31-16/h4-5,12,15H,1-3,6-11,13-14H2,(H,22,28)(H,23,30)(H,24,27). The lowest BCUT2D eigenvalue weighted by molar-refractivity contribution is -0.140. The van der Waals surface area contributed by atoms with Crippen LogP contribution in [0.3, 0.4) is 0 Å². The van der Waals surface area contributed by atoms with E-state index in [4.69, 9.17) is 4.42 Å². The van der Waals surface area contributed by atoms with Crippen LogP contribution in [0.1, 0.15) is 50.7 Å². The molecular formula is C21H29N5O5. The van der Waals surface area contributed by atoms with Crippen molar-refractivity contribution in [1.29, 1.82) is 0 Å². The third kappa shape index (κ3) is 4.73. The number of hydrazine groups is 1. The first-order valence-electron chi connectivity index (χ1n) is 11.0. The largest absolute Gasteiger partial charge is 0.467 e. The fourth-order valence-electron chi connectivity index (χ4n) is 4.66. The predicted molar refractivity (Wildman–Crippen MR) is 109 cm³/mol. The lowest BCUT2D eigenvalue weighted by atomic mass is 9.82. The molecule has 10 nitrogen and oxygen atoms in total. The summed E-state index contributed by atoms with van der Waals surface area (Å²) in [5, 5.41) is 6.49. The number of nitrogens with one attached hydrogen (secondary N) is 3. The second-order valence-corrected chi connectivity index (χ2v) is 8.60. The summed E-state index contributed by atoms with van der Waals surface area (Å²) in [6.45, 7) is 1.62. The number of piperidine rings is 1. The quantitative estimate of drug-likeness (QED) is 0.575. The van der Waals surface area contributed by atoms with Crippen molar-refractivity contribution in [3.05, 3.63) is 24.2 Å². The van der Waals surface area contributed by atoms with Crippen LogP contribution in [0.5, 0.6) is 0 Å². The van der Waals surface area contributed by atoms with Crippen molar-refractivity contribution in [2.45, 2.75) is 57.0 Å². The zero-order chi connectivity index (χ0) is 21.8. The molecule has 1 saturated carbocycles. The van der Waals surface area contributed by atoms with Crippen LogP contribution in [0.4, 0.5) is 4.79 Å². The number of likely N-dealkylation sites (tertiary alicyclic amines) is 1. The van der Waals surface area contributed by atoms with Gasteiger partial charge in [0.2, 0.25) is 5.91 Å². The van der Waals surface area contributed by atoms with Crippen molar-refractivity contribution in [2.24, 2.45) is 5.92 Å². The predicted octanol–water partition coefficient (Wildman–Crippen LogP) is 0.894. The average molecular weight is 431 g/mol. The molecule has 0 bridgehead atoms. The van der Waals surface area contributed by atoms with Gasteiger partial charge < -0.3 is 15.1 Å². The average Bonchev–Trinajstić information content (AvgIpc) is 3.36. The van der Waals surface area contributed by atoms with Crippen molar-refractivity contribution in [1.82, 2.24) is 26.0 Å². The third-order valence-electron chi connectivity index (χ3n) is 6.45. The van der Waals surface area contributed by atoms with Crippen LogP contribution >= 0.6 is 0 Å². The Morgan fingerprint density at radius 2 is 1.90 bits per heavy atom. The lowest BCUT2D eigenvalue weighted by Gasteiger charge is -2.31. The second kappa shape index (κ2) is 9.09. The van der Waals surface area contributed by atoms with Gasteiger partial charge in [0.05, 0.1) is 19.4 Å². The van der Waals surface area contributed by atoms with Crippen molar-refractivity contribution in [3.63, 3.8) is 0 Å². The van der Waals surface area contributed by atoms with E-state index < -0.39 is 17.5 Å². The van der Waals surface area contributed by atoms with E-state index in [1.165, 1.54) is 0 Å². The monoisotopic (exact) mass is 431 g/mol. The van der Waals surface area contributed by atoms with Gasteiger partial charge in [-0.05, 0) is 50.9 Å². The van der Waals surface area contributed by atoms with Gasteiger partial charge in [-0.3, -0.25) is 24.7 Å². The number of furan rings is 1. The molecule has 0 aromatic carbocycles. The highest BCUT2D eigenvalue weighted by Gasteiger charge is 2.52. The van der Waals surface area contributed by atoms with E-state index in [2.05, 4.69) is 16.1 Å². The molecule has 31 heavy (non-hydrogen) atoms. The van der Waals surface area contributed by atoms with Crippen LogP contribution in [0.25, 0.3) is 0 Å². The lowest BCUT2D eigenvalue weighted by Crippen LogP contribution is -2.53. The number of amides is 5. The maximum atomic E-state index is 12.7. The number of carbonyl (C=O) groups is 4. The molecule has 0 atom stereocenters. The SMILES string of the molecule is O=C(CN1CCC(C(=O)NCc2ccco2)CC1)NN1C(=O)NC2(CCCCC2)C1=O. The summed E-state index contributed by atoms with van der Waals surface area (Å²) in [4.78, 5) is 51.7. The fourth-order valence-corrected chi connectivity index (χ4v) is 4.66. The molecule has 0 radical (unpaired) electrons. The van der Waals surface area contributed by atoms with E-state index in [1.54, 1.807) is 12.3 Å². The Bertz CT molecular complexity index is 825. The molecule has 10 heteroatoms. The number of rotatable bonds is 6. The molecular weight excluding hydrogens is 402 g/mol. The van der Waals surface area contributed by atoms with Crippen LogP contribution in [-0.2, 0) is 20.9 Å². The smallest absolute Gasteiger partial charge is 0.344 e. The molecule has 1 spiro atoms. The summed E-state index contributed by atoms with van der Waals surface area (Å²) in [5.74, 6) is -0.184. The van der Waals surface area contributed by atoms with Gasteiger partial charge in [0, 0.05) is 5.92 Å². The molecule has 5 amide bonds. The van der Waals surface area contributed by atoms with Crippen molar-refractivity contribution >= 4 is 23.8 Å². The highest BCUT2D eigenvalue weighted by molar-refractivity contribution is 6.08. The summed E-state index contributed by atoms with van der Waals surface area (Å²) >= 11 is 0. The third-order valence-corrected chi connectivity index (χ3v) is 6.45. The van der Waals surface area contributed by atoms with Gasteiger partial charge in [0.25, 0.3) is 11.8 Å². The number of imide groups is 1. The van der Waals surface area contributed by atoms with E-state index in [0.717, 1.165) is 24.3 Å². The number of carbonyl (C=O) groups excluding carboxylic acids is 4. The van der Waals surface area contributed by atoms with Crippen LogP contribution < -0.4 is 16.1 Å². The van der Waals surface area contributed by atoms with Crippen molar-refractivity contribution < 1.29 is 23.6 Å². The first kappa shape index (κ1) is 21.4. The van der Waals surface area contributed by atoms with Gasteiger partial charge in [-0.25, -0.2) is 4.79 Å². The highest BCUT2D eigenvalue weighted by atomic mass is 16.3. The first-order valence-corrected chi connectivity index (χ1v) is 11.0. The van der Waals surface area contributed by atoms with Crippen LogP contribution in [0.15, 0.2) is 22.8 Å². The molecule has 0 unspecified atom stereocenters. The number of nitrogens with zero attached hydrogens (tertiary/aromatic N) is 2. The van der Waals surface area contributed by atoms with E-state index in [9.17, 15) is 19.2 Å². The zero-order valence-corrected chi connectivity index (χ0v) is 17.5. The van der Waals surface area contributed by atoms with Crippen molar-refractivity contribution in [2.75, 3.05) is 19.6 Å². The molecule has 2 aliphatic heterocycles. The van der Waals surface area contributed by atoms with Crippen LogP contribution in [-0.4, -0.2) is 58.8 Å². The van der Waals surface area contributed by atoms with Crippen LogP contribution in [0.2, 0.25) is 0 Å². The highest BCUT2D eigenvalue weighted by Crippen LogP contribution is 2.33. The Kier molecular flexibility index (Phi) is 6.26. The maximum Gasteiger partial charge on any atom is 0.344 e. The normalized spacial score (nSPS) is 21.9. The molecule has 3 heterocycles. The minimum absolute atomic E-state index is 0.0161. The Hall–Kier alpha value is -2.88. The Morgan fingerprint density at radius 1 is 1.16 bits per heavy atom. The summed E-state index contributed by atoms with van der Waals surface area (Å²) in [6, 6.07) is 3.02.